The van der Waals surface area contributed by atoms with E-state index >= 15 is 0 Å². The third kappa shape index (κ3) is 5.83. The lowest BCUT2D eigenvalue weighted by Gasteiger charge is -2.26. The summed E-state index contributed by atoms with van der Waals surface area (Å²) in [5.74, 6) is 0.665. The van der Waals surface area contributed by atoms with E-state index in [0.717, 1.165) is 37.2 Å². The maximum Gasteiger partial charge on any atom is 0.203 e. The molecule has 3 aromatic rings. The van der Waals surface area contributed by atoms with Crippen LogP contribution in [0.2, 0.25) is 5.02 Å². The van der Waals surface area contributed by atoms with Crippen molar-refractivity contribution in [3.63, 3.8) is 0 Å². The van der Waals surface area contributed by atoms with Gasteiger partial charge >= 0.3 is 0 Å². The largest absolute Gasteiger partial charge is 0.491 e. The Hall–Kier alpha value is -1.99. The summed E-state index contributed by atoms with van der Waals surface area (Å²) in [6.07, 6.45) is 3.12. The van der Waals surface area contributed by atoms with E-state index in [2.05, 4.69) is 15.5 Å². The molecule has 0 saturated carbocycles. The molecule has 0 amide bonds. The Labute approximate surface area is 193 Å². The number of fused-ring (bicyclic) bond motifs is 1. The molecule has 168 valence electrons. The van der Waals surface area contributed by atoms with Gasteiger partial charge < -0.3 is 23.9 Å². The topological polar surface area (TPSA) is 66.4 Å². The smallest absolute Gasteiger partial charge is 0.203 e. The highest BCUT2D eigenvalue weighted by atomic mass is 35.5. The van der Waals surface area contributed by atoms with Crippen molar-refractivity contribution in [3.05, 3.63) is 59.2 Å². The Kier molecular flexibility index (Phi) is 8.43. The second-order valence-electron chi connectivity index (χ2n) is 7.90. The monoisotopic (exact) mass is 464 g/mol. The number of piperidine rings is 1. The molecule has 1 aliphatic rings. The number of aliphatic hydroxyl groups excluding tert-OH is 1. The van der Waals surface area contributed by atoms with Gasteiger partial charge in [0.05, 0.1) is 17.6 Å². The number of likely N-dealkylation sites (tertiary alicyclic amines) is 1. The lowest BCUT2D eigenvalue weighted by atomic mass is 10.1. The average molecular weight is 465 g/mol. The average Bonchev–Trinajstić information content (AvgIpc) is 3.03. The van der Waals surface area contributed by atoms with Gasteiger partial charge in [-0.1, -0.05) is 30.2 Å². The molecule has 1 unspecified atom stereocenters. The van der Waals surface area contributed by atoms with Gasteiger partial charge in [0.25, 0.3) is 0 Å². The molecule has 0 spiro atoms. The molecule has 1 atom stereocenters. The Morgan fingerprint density at radius 3 is 2.26 bits per heavy atom. The zero-order valence-electron chi connectivity index (χ0n) is 17.5. The van der Waals surface area contributed by atoms with Gasteiger partial charge in [0, 0.05) is 18.1 Å². The van der Waals surface area contributed by atoms with Crippen LogP contribution in [-0.2, 0) is 13.1 Å². The van der Waals surface area contributed by atoms with Crippen molar-refractivity contribution in [3.8, 4) is 5.75 Å². The van der Waals surface area contributed by atoms with Gasteiger partial charge in [-0.2, -0.15) is 0 Å². The number of hydrogen-bond acceptors (Lipinski definition) is 4. The first-order valence-corrected chi connectivity index (χ1v) is 11.0. The van der Waals surface area contributed by atoms with Crippen LogP contribution in [0.15, 0.2) is 48.5 Å². The van der Waals surface area contributed by atoms with Gasteiger partial charge in [0.2, 0.25) is 5.62 Å². The molecule has 8 heteroatoms. The van der Waals surface area contributed by atoms with Gasteiger partial charge in [-0.25, -0.2) is 0 Å². The van der Waals surface area contributed by atoms with Crippen LogP contribution < -0.4 is 10.4 Å². The summed E-state index contributed by atoms with van der Waals surface area (Å²) in [4.78, 5) is 2.48. The fourth-order valence-corrected chi connectivity index (χ4v) is 4.24. The number of halogens is 2. The Morgan fingerprint density at radius 2 is 1.58 bits per heavy atom. The summed E-state index contributed by atoms with van der Waals surface area (Å²) in [6.45, 7) is 4.49. The molecule has 2 N–H and O–H groups in total. The minimum atomic E-state index is -0.726. The molecule has 0 bridgehead atoms. The summed E-state index contributed by atoms with van der Waals surface area (Å²) in [5.41, 5.74) is 2.41. The molecule has 31 heavy (non-hydrogen) atoms. The first-order valence-electron chi connectivity index (χ1n) is 10.6. The lowest BCUT2D eigenvalue weighted by Crippen LogP contribution is -2.36. The van der Waals surface area contributed by atoms with Crippen molar-refractivity contribution in [2.45, 2.75) is 38.5 Å². The standard InChI is InChI=1S/C23H29ClN4O2.ClH/c24-18-8-10-20(11-9-18)30-17-19(29)16-28-22-7-3-2-6-21(22)27(23(28)25)15-14-26-12-4-1-5-13-26;/h2-3,6-11,19,25,29H,1,4-5,12-17H2;1H. The molecule has 2 heterocycles. The Balaban J connectivity index is 0.00000272. The molecule has 2 aromatic carbocycles. The normalized spacial score (nSPS) is 15.5. The highest BCUT2D eigenvalue weighted by Crippen LogP contribution is 2.17. The predicted molar refractivity (Wildman–Crippen MR) is 126 cm³/mol. The van der Waals surface area contributed by atoms with E-state index in [1.807, 2.05) is 22.8 Å². The van der Waals surface area contributed by atoms with Crippen molar-refractivity contribution in [1.29, 1.82) is 5.41 Å². The number of nitrogens with zero attached hydrogens (tertiary/aromatic N) is 3. The number of aromatic nitrogens is 2. The predicted octanol–water partition coefficient (Wildman–Crippen LogP) is 3.92. The second kappa shape index (κ2) is 11.0. The minimum Gasteiger partial charge on any atom is -0.491 e. The van der Waals surface area contributed by atoms with Gasteiger partial charge in [0.1, 0.15) is 18.5 Å². The number of hydrogen-bond donors (Lipinski definition) is 2. The fraction of sp³-hybridized carbons (Fsp3) is 0.435. The quantitative estimate of drug-likeness (QED) is 0.530. The highest BCUT2D eigenvalue weighted by Gasteiger charge is 2.16. The van der Waals surface area contributed by atoms with Crippen molar-refractivity contribution >= 4 is 35.0 Å². The zero-order valence-corrected chi connectivity index (χ0v) is 19.1. The van der Waals surface area contributed by atoms with Gasteiger partial charge in [-0.05, 0) is 62.3 Å². The lowest BCUT2D eigenvalue weighted by molar-refractivity contribution is 0.0920. The molecule has 1 aromatic heterocycles. The van der Waals surface area contributed by atoms with Gasteiger partial charge in [-0.3, -0.25) is 5.41 Å². The van der Waals surface area contributed by atoms with Crippen LogP contribution >= 0.6 is 24.0 Å². The SMILES string of the molecule is Cl.N=c1n(CCN2CCCCC2)c2ccccc2n1CC(O)COc1ccc(Cl)cc1. The van der Waals surface area contributed by atoms with E-state index in [1.165, 1.54) is 19.3 Å². The number of para-hydroxylation sites is 2. The number of nitrogens with one attached hydrogen (secondary N) is 1. The molecule has 0 aliphatic carbocycles. The summed E-state index contributed by atoms with van der Waals surface area (Å²) >= 11 is 5.90. The molecular weight excluding hydrogens is 435 g/mol. The van der Waals surface area contributed by atoms with Crippen molar-refractivity contribution in [2.24, 2.45) is 0 Å². The van der Waals surface area contributed by atoms with Crippen molar-refractivity contribution in [1.82, 2.24) is 14.0 Å². The summed E-state index contributed by atoms with van der Waals surface area (Å²) in [7, 11) is 0. The maximum absolute atomic E-state index is 10.6. The van der Waals surface area contributed by atoms with Crippen LogP contribution in [0.1, 0.15) is 19.3 Å². The Morgan fingerprint density at radius 1 is 0.935 bits per heavy atom. The van der Waals surface area contributed by atoms with E-state index in [-0.39, 0.29) is 19.0 Å². The van der Waals surface area contributed by atoms with E-state index < -0.39 is 6.10 Å². The Bertz CT molecular complexity index is 1030. The number of rotatable bonds is 8. The molecule has 6 nitrogen and oxygen atoms in total. The van der Waals surface area contributed by atoms with Gasteiger partial charge in [0.15, 0.2) is 0 Å². The molecule has 4 rings (SSSR count). The maximum atomic E-state index is 10.6. The van der Waals surface area contributed by atoms with Crippen LogP contribution in [0, 0.1) is 5.41 Å². The molecule has 0 radical (unpaired) electrons. The van der Waals surface area contributed by atoms with Crippen molar-refractivity contribution < 1.29 is 9.84 Å². The summed E-state index contributed by atoms with van der Waals surface area (Å²) in [6, 6.07) is 15.1. The third-order valence-electron chi connectivity index (χ3n) is 5.71. The van der Waals surface area contributed by atoms with E-state index in [4.69, 9.17) is 21.7 Å². The third-order valence-corrected chi connectivity index (χ3v) is 5.96. The fourth-order valence-electron chi connectivity index (χ4n) is 4.12. The highest BCUT2D eigenvalue weighted by molar-refractivity contribution is 6.30. The minimum absolute atomic E-state index is 0. The van der Waals surface area contributed by atoms with Crippen LogP contribution in [-0.4, -0.2) is 51.5 Å². The van der Waals surface area contributed by atoms with Crippen LogP contribution in [0.3, 0.4) is 0 Å². The molecule has 1 aliphatic heterocycles. The van der Waals surface area contributed by atoms with E-state index in [0.29, 0.717) is 22.9 Å². The van der Waals surface area contributed by atoms with Crippen LogP contribution in [0.25, 0.3) is 11.0 Å². The molecular formula is C23H30Cl2N4O2. The summed E-state index contributed by atoms with van der Waals surface area (Å²) in [5, 5.41) is 20.0. The van der Waals surface area contributed by atoms with E-state index in [1.54, 1.807) is 24.3 Å². The van der Waals surface area contributed by atoms with Crippen molar-refractivity contribution in [2.75, 3.05) is 26.2 Å². The van der Waals surface area contributed by atoms with E-state index in [9.17, 15) is 5.11 Å². The number of benzene rings is 2. The molecule has 1 saturated heterocycles. The number of ether oxygens (including phenoxy) is 1. The zero-order chi connectivity index (χ0) is 20.9. The van der Waals surface area contributed by atoms with Gasteiger partial charge in [-0.15, -0.1) is 12.4 Å². The first kappa shape index (κ1) is 23.7. The second-order valence-corrected chi connectivity index (χ2v) is 8.33. The summed E-state index contributed by atoms with van der Waals surface area (Å²) < 4.78 is 9.61. The number of aliphatic hydroxyl groups is 1. The van der Waals surface area contributed by atoms with Crippen LogP contribution in [0.4, 0.5) is 0 Å². The number of imidazole rings is 1. The van der Waals surface area contributed by atoms with Crippen LogP contribution in [0.5, 0.6) is 5.75 Å². The first-order chi connectivity index (χ1) is 14.6. The molecule has 1 fully saturated rings.